The number of carbonyl (C=O) groups is 1. The second kappa shape index (κ2) is 8.80. The van der Waals surface area contributed by atoms with Crippen molar-refractivity contribution in [3.05, 3.63) is 115 Å². The second-order valence-electron chi connectivity index (χ2n) is 6.47. The molecule has 0 unspecified atom stereocenters. The molecule has 0 spiro atoms. The number of aromatic nitrogens is 2. The van der Waals surface area contributed by atoms with Gasteiger partial charge in [0.1, 0.15) is 5.69 Å². The highest BCUT2D eigenvalue weighted by Gasteiger charge is 2.20. The lowest BCUT2D eigenvalue weighted by atomic mass is 10.2. The normalized spacial score (nSPS) is 10.3. The molecule has 1 heterocycles. The predicted molar refractivity (Wildman–Crippen MR) is 115 cm³/mol. The van der Waals surface area contributed by atoms with Gasteiger partial charge in [-0.15, -0.1) is 0 Å². The van der Waals surface area contributed by atoms with Gasteiger partial charge in [0.15, 0.2) is 0 Å². The summed E-state index contributed by atoms with van der Waals surface area (Å²) in [5, 5.41) is 3.13. The highest BCUT2D eigenvalue weighted by atomic mass is 16.2. The Kier molecular flexibility index (Phi) is 5.58. The van der Waals surface area contributed by atoms with Crippen molar-refractivity contribution in [2.75, 3.05) is 10.2 Å². The van der Waals surface area contributed by atoms with Crippen LogP contribution in [0.1, 0.15) is 16.1 Å². The molecule has 3 aromatic carbocycles. The lowest BCUT2D eigenvalue weighted by Gasteiger charge is -2.23. The van der Waals surface area contributed by atoms with Crippen LogP contribution in [0.5, 0.6) is 0 Å². The van der Waals surface area contributed by atoms with Crippen LogP contribution in [-0.2, 0) is 6.54 Å². The molecule has 5 nitrogen and oxygen atoms in total. The van der Waals surface area contributed by atoms with Crippen molar-refractivity contribution < 1.29 is 4.79 Å². The molecular formula is C24H20N4O. The average Bonchev–Trinajstić information content (AvgIpc) is 2.79. The SMILES string of the molecule is O=C(c1ccnc(Nc2ccccc2)n1)N(Cc1ccccc1)c1ccccc1. The summed E-state index contributed by atoms with van der Waals surface area (Å²) in [7, 11) is 0. The van der Waals surface area contributed by atoms with Gasteiger partial charge in [-0.25, -0.2) is 9.97 Å². The number of hydrogen-bond acceptors (Lipinski definition) is 4. The summed E-state index contributed by atoms with van der Waals surface area (Å²) in [5.41, 5.74) is 3.05. The van der Waals surface area contributed by atoms with E-state index in [0.717, 1.165) is 16.9 Å². The van der Waals surface area contributed by atoms with Gasteiger partial charge in [0.25, 0.3) is 5.91 Å². The maximum Gasteiger partial charge on any atom is 0.277 e. The Morgan fingerprint density at radius 1 is 0.793 bits per heavy atom. The van der Waals surface area contributed by atoms with Gasteiger partial charge in [0.2, 0.25) is 5.95 Å². The Balaban J connectivity index is 1.63. The van der Waals surface area contributed by atoms with E-state index in [2.05, 4.69) is 15.3 Å². The van der Waals surface area contributed by atoms with Crippen LogP contribution in [0.25, 0.3) is 0 Å². The smallest absolute Gasteiger partial charge is 0.277 e. The fourth-order valence-electron chi connectivity index (χ4n) is 2.98. The number of para-hydroxylation sites is 2. The van der Waals surface area contributed by atoms with Gasteiger partial charge in [-0.2, -0.15) is 0 Å². The summed E-state index contributed by atoms with van der Waals surface area (Å²) >= 11 is 0. The van der Waals surface area contributed by atoms with Crippen LogP contribution in [0.3, 0.4) is 0 Å². The van der Waals surface area contributed by atoms with E-state index in [9.17, 15) is 4.79 Å². The van der Waals surface area contributed by atoms with Crippen molar-refractivity contribution in [2.45, 2.75) is 6.54 Å². The van der Waals surface area contributed by atoms with Gasteiger partial charge in [-0.05, 0) is 35.9 Å². The molecule has 29 heavy (non-hydrogen) atoms. The lowest BCUT2D eigenvalue weighted by Crippen LogP contribution is -2.31. The van der Waals surface area contributed by atoms with Gasteiger partial charge >= 0.3 is 0 Å². The van der Waals surface area contributed by atoms with E-state index in [1.807, 2.05) is 91.0 Å². The molecule has 0 radical (unpaired) electrons. The fourth-order valence-corrected chi connectivity index (χ4v) is 2.98. The molecule has 142 valence electrons. The van der Waals surface area contributed by atoms with E-state index in [-0.39, 0.29) is 5.91 Å². The molecule has 0 atom stereocenters. The van der Waals surface area contributed by atoms with Crippen molar-refractivity contribution in [1.82, 2.24) is 9.97 Å². The molecular weight excluding hydrogens is 360 g/mol. The number of anilines is 3. The Hall–Kier alpha value is -3.99. The van der Waals surface area contributed by atoms with Crippen molar-refractivity contribution >= 4 is 23.2 Å². The van der Waals surface area contributed by atoms with Crippen molar-refractivity contribution in [2.24, 2.45) is 0 Å². The second-order valence-corrected chi connectivity index (χ2v) is 6.47. The van der Waals surface area contributed by atoms with E-state index in [0.29, 0.717) is 18.2 Å². The van der Waals surface area contributed by atoms with Crippen LogP contribution in [0.2, 0.25) is 0 Å². The van der Waals surface area contributed by atoms with Gasteiger partial charge in [-0.3, -0.25) is 4.79 Å². The molecule has 5 heteroatoms. The molecule has 4 aromatic rings. The number of hydrogen-bond donors (Lipinski definition) is 1. The van der Waals surface area contributed by atoms with Crippen LogP contribution in [0.4, 0.5) is 17.3 Å². The third-order valence-electron chi connectivity index (χ3n) is 4.40. The third-order valence-corrected chi connectivity index (χ3v) is 4.40. The Morgan fingerprint density at radius 2 is 1.41 bits per heavy atom. The summed E-state index contributed by atoms with van der Waals surface area (Å²) in [5.74, 6) is 0.202. The first-order valence-corrected chi connectivity index (χ1v) is 9.35. The zero-order valence-corrected chi connectivity index (χ0v) is 15.8. The largest absolute Gasteiger partial charge is 0.324 e. The quantitative estimate of drug-likeness (QED) is 0.507. The minimum Gasteiger partial charge on any atom is -0.324 e. The lowest BCUT2D eigenvalue weighted by molar-refractivity contribution is 0.0980. The van der Waals surface area contributed by atoms with E-state index in [1.165, 1.54) is 0 Å². The zero-order chi connectivity index (χ0) is 19.9. The number of benzene rings is 3. The van der Waals surface area contributed by atoms with E-state index in [1.54, 1.807) is 17.2 Å². The van der Waals surface area contributed by atoms with Crippen molar-refractivity contribution in [3.63, 3.8) is 0 Å². The zero-order valence-electron chi connectivity index (χ0n) is 15.8. The van der Waals surface area contributed by atoms with Crippen molar-refractivity contribution in [3.8, 4) is 0 Å². The van der Waals surface area contributed by atoms with E-state index < -0.39 is 0 Å². The maximum atomic E-state index is 13.4. The van der Waals surface area contributed by atoms with Crippen LogP contribution in [0.15, 0.2) is 103 Å². The fraction of sp³-hybridized carbons (Fsp3) is 0.0417. The molecule has 0 fully saturated rings. The summed E-state index contributed by atoms with van der Waals surface area (Å²) in [4.78, 5) is 23.8. The van der Waals surface area contributed by atoms with E-state index in [4.69, 9.17) is 0 Å². The summed E-state index contributed by atoms with van der Waals surface area (Å²) in [6.45, 7) is 0.454. The monoisotopic (exact) mass is 380 g/mol. The number of amides is 1. The molecule has 1 amide bonds. The molecule has 1 N–H and O–H groups in total. The Bertz CT molecular complexity index is 1070. The first kappa shape index (κ1) is 18.4. The van der Waals surface area contributed by atoms with Crippen LogP contribution in [0, 0.1) is 0 Å². The molecule has 0 saturated carbocycles. The molecule has 0 aliphatic heterocycles. The number of rotatable bonds is 6. The molecule has 0 aliphatic rings. The first-order chi connectivity index (χ1) is 14.3. The van der Waals surface area contributed by atoms with Crippen LogP contribution in [-0.4, -0.2) is 15.9 Å². The molecule has 1 aromatic heterocycles. The Labute approximate surface area is 169 Å². The minimum absolute atomic E-state index is 0.182. The van der Waals surface area contributed by atoms with E-state index >= 15 is 0 Å². The highest BCUT2D eigenvalue weighted by molar-refractivity contribution is 6.04. The predicted octanol–water partition coefficient (Wildman–Crippen LogP) is 5.07. The standard InChI is InChI=1S/C24H20N4O/c29-23(22-16-17-25-24(27-22)26-20-12-6-2-7-13-20)28(21-14-8-3-9-15-21)18-19-10-4-1-5-11-19/h1-17H,18H2,(H,25,26,27). The van der Waals surface area contributed by atoms with Gasteiger partial charge < -0.3 is 10.2 Å². The van der Waals surface area contributed by atoms with Gasteiger partial charge in [0, 0.05) is 17.6 Å². The summed E-state index contributed by atoms with van der Waals surface area (Å²) in [6.07, 6.45) is 1.59. The number of carbonyl (C=O) groups excluding carboxylic acids is 1. The summed E-state index contributed by atoms with van der Waals surface area (Å²) in [6, 6.07) is 30.8. The molecule has 0 saturated heterocycles. The summed E-state index contributed by atoms with van der Waals surface area (Å²) < 4.78 is 0. The number of nitrogens with one attached hydrogen (secondary N) is 1. The maximum absolute atomic E-state index is 13.4. The first-order valence-electron chi connectivity index (χ1n) is 9.35. The number of nitrogens with zero attached hydrogens (tertiary/aromatic N) is 3. The highest BCUT2D eigenvalue weighted by Crippen LogP contribution is 2.20. The third kappa shape index (κ3) is 4.65. The topological polar surface area (TPSA) is 58.1 Å². The van der Waals surface area contributed by atoms with Crippen molar-refractivity contribution in [1.29, 1.82) is 0 Å². The molecule has 4 rings (SSSR count). The van der Waals surface area contributed by atoms with Crippen LogP contribution < -0.4 is 10.2 Å². The minimum atomic E-state index is -0.182. The average molecular weight is 380 g/mol. The van der Waals surface area contributed by atoms with Gasteiger partial charge in [-0.1, -0.05) is 66.7 Å². The Morgan fingerprint density at radius 3 is 2.10 bits per heavy atom. The molecule has 0 bridgehead atoms. The van der Waals surface area contributed by atoms with Gasteiger partial charge in [0.05, 0.1) is 6.54 Å². The molecule has 0 aliphatic carbocycles. The van der Waals surface area contributed by atoms with Crippen LogP contribution >= 0.6 is 0 Å².